The number of thiazole rings is 1. The molecule has 4 N–H and O–H groups in total. The molecule has 148 valence electrons. The van der Waals surface area contributed by atoms with Crippen LogP contribution in [-0.2, 0) is 19.2 Å². The summed E-state index contributed by atoms with van der Waals surface area (Å²) < 4.78 is 0. The summed E-state index contributed by atoms with van der Waals surface area (Å²) in [5.74, 6) is -1.93. The van der Waals surface area contributed by atoms with Gasteiger partial charge in [0, 0.05) is 11.1 Å². The number of nitrogen functional groups attached to an aromatic ring is 1. The van der Waals surface area contributed by atoms with E-state index in [4.69, 9.17) is 10.6 Å². The molecule has 10 nitrogen and oxygen atoms in total. The van der Waals surface area contributed by atoms with Gasteiger partial charge in [0.1, 0.15) is 29.9 Å². The highest BCUT2D eigenvalue weighted by Crippen LogP contribution is 2.40. The van der Waals surface area contributed by atoms with E-state index in [0.29, 0.717) is 11.3 Å². The van der Waals surface area contributed by atoms with Crippen molar-refractivity contribution in [1.82, 2.24) is 15.2 Å². The van der Waals surface area contributed by atoms with Crippen LogP contribution in [0, 0.1) is 0 Å². The van der Waals surface area contributed by atoms with Gasteiger partial charge in [-0.15, -0.1) is 23.1 Å². The lowest BCUT2D eigenvalue weighted by Crippen LogP contribution is -2.71. The smallest absolute Gasteiger partial charge is 0.352 e. The third kappa shape index (κ3) is 3.47. The van der Waals surface area contributed by atoms with Gasteiger partial charge >= 0.3 is 5.97 Å². The Morgan fingerprint density at radius 3 is 2.86 bits per heavy atom. The fourth-order valence-electron chi connectivity index (χ4n) is 2.87. The Hall–Kier alpha value is -2.86. The number of β-lactam (4-membered cyclic amide) rings is 1. The molecular weight excluding hydrogens is 406 g/mol. The number of carboxylic acid groups (broad SMARTS) is 1. The number of thioether (sulfide) groups is 1. The standard InChI is InChI=1S/C16H17N5O5S2/c1-3-4-7-5-27-14-10(13(23)21(14)11(7)15(24)25)19-12(22)9(20-26-2)8-6-28-16(17)18-8/h3-4,6,10,14H,5H2,1-2H3,(H2,17,18)(H,19,22)(H,24,25)/b4-3+,20-9-/t10?,14-/m1/s1. The molecule has 3 rings (SSSR count). The van der Waals surface area contributed by atoms with Crippen LogP contribution in [0.3, 0.4) is 0 Å². The van der Waals surface area contributed by atoms with Gasteiger partial charge in [-0.1, -0.05) is 17.3 Å². The molecule has 1 fully saturated rings. The van der Waals surface area contributed by atoms with Gasteiger partial charge in [0.05, 0.1) is 0 Å². The molecule has 1 aromatic heterocycles. The van der Waals surface area contributed by atoms with Crippen LogP contribution in [-0.4, -0.2) is 62.8 Å². The SMILES string of the molecule is C/C=C/C1=C(C(=O)O)N2C(=O)C(NC(=O)/C(=N\OC)c3csc(N)n3)[C@H]2SC1. The normalized spacial score (nSPS) is 22.1. The summed E-state index contributed by atoms with van der Waals surface area (Å²) in [5, 5.41) is 17.1. The van der Waals surface area contributed by atoms with Crippen LogP contribution in [0.5, 0.6) is 0 Å². The summed E-state index contributed by atoms with van der Waals surface area (Å²) in [6, 6.07) is -0.878. The molecule has 0 bridgehead atoms. The number of nitrogens with two attached hydrogens (primary N) is 1. The van der Waals surface area contributed by atoms with Gasteiger partial charge in [0.2, 0.25) is 0 Å². The number of carbonyl (C=O) groups excluding carboxylic acids is 2. The number of allylic oxidation sites excluding steroid dienone is 2. The minimum atomic E-state index is -1.18. The van der Waals surface area contributed by atoms with Gasteiger partial charge in [-0.3, -0.25) is 14.5 Å². The maximum atomic E-state index is 12.6. The molecule has 0 spiro atoms. The highest BCUT2D eigenvalue weighted by molar-refractivity contribution is 8.00. The number of anilines is 1. The Morgan fingerprint density at radius 2 is 2.29 bits per heavy atom. The number of carbonyl (C=O) groups is 3. The Bertz CT molecular complexity index is 922. The van der Waals surface area contributed by atoms with Crippen molar-refractivity contribution in [2.45, 2.75) is 18.3 Å². The van der Waals surface area contributed by atoms with E-state index in [1.165, 1.54) is 23.8 Å². The molecule has 0 aromatic carbocycles. The number of fused-ring (bicyclic) bond motifs is 1. The number of aliphatic carboxylic acids is 1. The highest BCUT2D eigenvalue weighted by atomic mass is 32.2. The van der Waals surface area contributed by atoms with Crippen molar-refractivity contribution in [1.29, 1.82) is 0 Å². The molecule has 2 atom stereocenters. The van der Waals surface area contributed by atoms with Gasteiger partial charge in [-0.25, -0.2) is 9.78 Å². The first-order valence-electron chi connectivity index (χ1n) is 8.06. The van der Waals surface area contributed by atoms with Gasteiger partial charge in [0.15, 0.2) is 10.8 Å². The predicted molar refractivity (Wildman–Crippen MR) is 105 cm³/mol. The van der Waals surface area contributed by atoms with Crippen LogP contribution in [0.1, 0.15) is 12.6 Å². The van der Waals surface area contributed by atoms with Crippen LogP contribution in [0.2, 0.25) is 0 Å². The first kappa shape index (κ1) is 19.9. The van der Waals surface area contributed by atoms with Crippen molar-refractivity contribution < 1.29 is 24.3 Å². The summed E-state index contributed by atoms with van der Waals surface area (Å²) in [5.41, 5.74) is 6.19. The number of nitrogens with zero attached hydrogens (tertiary/aromatic N) is 3. The second-order valence-corrected chi connectivity index (χ2v) is 7.73. The number of amides is 2. The first-order chi connectivity index (χ1) is 13.4. The maximum absolute atomic E-state index is 12.6. The second kappa shape index (κ2) is 8.02. The zero-order chi connectivity index (χ0) is 20.4. The van der Waals surface area contributed by atoms with E-state index in [0.717, 1.165) is 11.3 Å². The number of oxime groups is 1. The number of rotatable bonds is 6. The lowest BCUT2D eigenvalue weighted by Gasteiger charge is -2.49. The molecule has 1 aromatic rings. The van der Waals surface area contributed by atoms with E-state index >= 15 is 0 Å². The predicted octanol–water partition coefficient (Wildman–Crippen LogP) is 0.391. The fraction of sp³-hybridized carbons (Fsp3) is 0.312. The molecule has 28 heavy (non-hydrogen) atoms. The molecule has 3 heterocycles. The molecule has 2 aliphatic rings. The zero-order valence-electron chi connectivity index (χ0n) is 14.9. The van der Waals surface area contributed by atoms with Gasteiger partial charge in [0.25, 0.3) is 11.8 Å². The van der Waals surface area contributed by atoms with E-state index in [-0.39, 0.29) is 22.2 Å². The number of carboxylic acids is 1. The zero-order valence-corrected chi connectivity index (χ0v) is 16.5. The van der Waals surface area contributed by atoms with Crippen molar-refractivity contribution in [2.75, 3.05) is 18.6 Å². The van der Waals surface area contributed by atoms with E-state index in [9.17, 15) is 19.5 Å². The number of hydrogen-bond donors (Lipinski definition) is 3. The second-order valence-electron chi connectivity index (χ2n) is 5.73. The minimum absolute atomic E-state index is 0.0598. The van der Waals surface area contributed by atoms with Crippen LogP contribution in [0.25, 0.3) is 0 Å². The summed E-state index contributed by atoms with van der Waals surface area (Å²) in [6.07, 6.45) is 3.39. The largest absolute Gasteiger partial charge is 0.477 e. The molecule has 2 aliphatic heterocycles. The third-order valence-corrected chi connectivity index (χ3v) is 5.99. The van der Waals surface area contributed by atoms with Crippen molar-refractivity contribution >= 4 is 51.7 Å². The van der Waals surface area contributed by atoms with E-state index < -0.39 is 29.2 Å². The molecule has 2 amide bonds. The molecule has 1 saturated heterocycles. The highest BCUT2D eigenvalue weighted by Gasteiger charge is 2.54. The number of hydrogen-bond acceptors (Lipinski definition) is 9. The Kier molecular flexibility index (Phi) is 5.70. The fourth-order valence-corrected chi connectivity index (χ4v) is 4.74. The molecule has 0 saturated carbocycles. The van der Waals surface area contributed by atoms with Crippen LogP contribution in [0.4, 0.5) is 5.13 Å². The molecular formula is C16H17N5O5S2. The quantitative estimate of drug-likeness (QED) is 0.338. The van der Waals surface area contributed by atoms with E-state index in [1.54, 1.807) is 24.5 Å². The maximum Gasteiger partial charge on any atom is 0.352 e. The van der Waals surface area contributed by atoms with E-state index in [2.05, 4.69) is 15.5 Å². The van der Waals surface area contributed by atoms with Crippen molar-refractivity contribution in [3.8, 4) is 0 Å². The Balaban J connectivity index is 1.80. The summed E-state index contributed by atoms with van der Waals surface area (Å²) in [7, 11) is 1.28. The van der Waals surface area contributed by atoms with Gasteiger partial charge in [-0.05, 0) is 12.5 Å². The number of aromatic nitrogens is 1. The summed E-state index contributed by atoms with van der Waals surface area (Å²) in [4.78, 5) is 46.8. The average molecular weight is 423 g/mol. The van der Waals surface area contributed by atoms with Crippen LogP contribution < -0.4 is 11.1 Å². The molecule has 12 heteroatoms. The topological polar surface area (TPSA) is 147 Å². The van der Waals surface area contributed by atoms with Crippen LogP contribution >= 0.6 is 23.1 Å². The van der Waals surface area contributed by atoms with Crippen molar-refractivity contribution in [3.63, 3.8) is 0 Å². The van der Waals surface area contributed by atoms with Gasteiger partial charge < -0.3 is 21.0 Å². The molecule has 0 aliphatic carbocycles. The van der Waals surface area contributed by atoms with Gasteiger partial charge in [-0.2, -0.15) is 0 Å². The third-order valence-electron chi connectivity index (χ3n) is 4.02. The lowest BCUT2D eigenvalue weighted by molar-refractivity contribution is -0.150. The number of nitrogens with one attached hydrogen (secondary N) is 1. The first-order valence-corrected chi connectivity index (χ1v) is 9.99. The molecule has 1 unspecified atom stereocenters. The summed E-state index contributed by atoms with van der Waals surface area (Å²) >= 11 is 2.51. The monoisotopic (exact) mass is 423 g/mol. The summed E-state index contributed by atoms with van der Waals surface area (Å²) in [6.45, 7) is 1.77. The Morgan fingerprint density at radius 1 is 1.54 bits per heavy atom. The lowest BCUT2D eigenvalue weighted by atomic mass is 10.0. The van der Waals surface area contributed by atoms with Crippen LogP contribution in [0.15, 0.2) is 34.0 Å². The van der Waals surface area contributed by atoms with E-state index in [1.807, 2.05) is 0 Å². The minimum Gasteiger partial charge on any atom is -0.477 e. The van der Waals surface area contributed by atoms with Crippen molar-refractivity contribution in [2.24, 2.45) is 5.16 Å². The average Bonchev–Trinajstić information content (AvgIpc) is 3.09. The van der Waals surface area contributed by atoms with Crippen molar-refractivity contribution in [3.05, 3.63) is 34.5 Å². The Labute approximate surface area is 168 Å². The molecule has 0 radical (unpaired) electrons.